The molecule has 0 fully saturated rings. The molecule has 0 aliphatic carbocycles. The molecule has 4 aromatic rings. The summed E-state index contributed by atoms with van der Waals surface area (Å²) in [5, 5.41) is 0.602. The maximum absolute atomic E-state index is 12.1. The van der Waals surface area contributed by atoms with E-state index in [2.05, 4.69) is 25.6 Å². The molecule has 1 N–H and O–H groups in total. The number of benzene rings is 2. The standard InChI is InChI=1S/C19H16N4O/c1-23-16-10-5-4-9-15(16)21-18(23)12-6-11-17-20-14-8-3-2-7-13(14)19(24)22-17/h2-11H,12H2,1H3,(H,20,22,24)/b11-6+. The molecular formula is C19H16N4O. The molecule has 5 heteroatoms. The van der Waals surface area contributed by atoms with Gasteiger partial charge in [0.05, 0.1) is 21.9 Å². The average Bonchev–Trinajstić information content (AvgIpc) is 2.92. The van der Waals surface area contributed by atoms with Gasteiger partial charge in [-0.2, -0.15) is 0 Å². The van der Waals surface area contributed by atoms with Crippen LogP contribution in [0, 0.1) is 0 Å². The van der Waals surface area contributed by atoms with E-state index < -0.39 is 0 Å². The average molecular weight is 316 g/mol. The highest BCUT2D eigenvalue weighted by molar-refractivity contribution is 5.78. The SMILES string of the molecule is Cn1c(C/C=C/c2nc3ccccc3c(=O)[nH]2)nc2ccccc21. The second kappa shape index (κ2) is 5.77. The van der Waals surface area contributed by atoms with Crippen LogP contribution in [0.2, 0.25) is 0 Å². The lowest BCUT2D eigenvalue weighted by Gasteiger charge is -2.00. The molecule has 5 nitrogen and oxygen atoms in total. The minimum atomic E-state index is -0.122. The summed E-state index contributed by atoms with van der Waals surface area (Å²) < 4.78 is 2.08. The summed E-state index contributed by atoms with van der Waals surface area (Å²) in [4.78, 5) is 23.9. The number of nitrogens with zero attached hydrogens (tertiary/aromatic N) is 3. The Morgan fingerprint density at radius 2 is 1.79 bits per heavy atom. The molecule has 0 aliphatic rings. The summed E-state index contributed by atoms with van der Waals surface area (Å²) >= 11 is 0. The summed E-state index contributed by atoms with van der Waals surface area (Å²) in [6.45, 7) is 0. The summed E-state index contributed by atoms with van der Waals surface area (Å²) in [5.74, 6) is 1.52. The lowest BCUT2D eigenvalue weighted by atomic mass is 10.2. The number of nitrogens with one attached hydrogen (secondary N) is 1. The zero-order chi connectivity index (χ0) is 16.5. The Balaban J connectivity index is 1.63. The first-order chi connectivity index (χ1) is 11.7. The Morgan fingerprint density at radius 1 is 1.04 bits per heavy atom. The lowest BCUT2D eigenvalue weighted by Crippen LogP contribution is -2.09. The molecule has 0 radical (unpaired) electrons. The van der Waals surface area contributed by atoms with Gasteiger partial charge in [-0.1, -0.05) is 30.3 Å². The molecule has 0 spiro atoms. The third-order valence-corrected chi connectivity index (χ3v) is 4.09. The number of aromatic nitrogens is 4. The summed E-state index contributed by atoms with van der Waals surface area (Å²) in [5.41, 5.74) is 2.67. The molecule has 24 heavy (non-hydrogen) atoms. The van der Waals surface area contributed by atoms with Crippen molar-refractivity contribution in [2.75, 3.05) is 0 Å². The van der Waals surface area contributed by atoms with Crippen LogP contribution in [0.25, 0.3) is 28.0 Å². The molecule has 4 rings (SSSR count). The first kappa shape index (κ1) is 14.4. The number of imidazole rings is 1. The monoisotopic (exact) mass is 316 g/mol. The van der Waals surface area contributed by atoms with E-state index in [0.717, 1.165) is 16.9 Å². The maximum atomic E-state index is 12.1. The first-order valence-corrected chi connectivity index (χ1v) is 7.78. The highest BCUT2D eigenvalue weighted by Gasteiger charge is 2.05. The predicted molar refractivity (Wildman–Crippen MR) is 95.8 cm³/mol. The van der Waals surface area contributed by atoms with Gasteiger partial charge in [-0.05, 0) is 30.3 Å². The zero-order valence-corrected chi connectivity index (χ0v) is 13.2. The van der Waals surface area contributed by atoms with E-state index in [-0.39, 0.29) is 5.56 Å². The van der Waals surface area contributed by atoms with Gasteiger partial charge in [0.25, 0.3) is 5.56 Å². The summed E-state index contributed by atoms with van der Waals surface area (Å²) in [7, 11) is 2.01. The van der Waals surface area contributed by atoms with Crippen LogP contribution in [0.5, 0.6) is 0 Å². The Morgan fingerprint density at radius 3 is 2.62 bits per heavy atom. The molecule has 0 saturated heterocycles. The highest BCUT2D eigenvalue weighted by Crippen LogP contribution is 2.15. The van der Waals surface area contributed by atoms with Crippen molar-refractivity contribution in [3.8, 4) is 0 Å². The third kappa shape index (κ3) is 2.50. The number of allylic oxidation sites excluding steroid dienone is 1. The van der Waals surface area contributed by atoms with Crippen molar-refractivity contribution in [3.05, 3.63) is 76.6 Å². The highest BCUT2D eigenvalue weighted by atomic mass is 16.1. The van der Waals surface area contributed by atoms with Crippen molar-refractivity contribution in [2.45, 2.75) is 6.42 Å². The van der Waals surface area contributed by atoms with Crippen LogP contribution in [0.1, 0.15) is 11.6 Å². The summed E-state index contributed by atoms with van der Waals surface area (Å²) in [6, 6.07) is 15.4. The topological polar surface area (TPSA) is 63.6 Å². The van der Waals surface area contributed by atoms with E-state index in [1.165, 1.54) is 0 Å². The molecule has 0 saturated carbocycles. The molecule has 2 aromatic heterocycles. The third-order valence-electron chi connectivity index (χ3n) is 4.09. The van der Waals surface area contributed by atoms with E-state index in [4.69, 9.17) is 0 Å². The van der Waals surface area contributed by atoms with E-state index in [0.29, 0.717) is 23.1 Å². The van der Waals surface area contributed by atoms with E-state index in [9.17, 15) is 4.79 Å². The van der Waals surface area contributed by atoms with Crippen molar-refractivity contribution >= 4 is 28.0 Å². The van der Waals surface area contributed by atoms with Gasteiger partial charge in [0.15, 0.2) is 0 Å². The van der Waals surface area contributed by atoms with Gasteiger partial charge in [0.2, 0.25) is 0 Å². The fraction of sp³-hybridized carbons (Fsp3) is 0.105. The van der Waals surface area contributed by atoms with Crippen molar-refractivity contribution in [1.29, 1.82) is 0 Å². The molecule has 118 valence electrons. The number of rotatable bonds is 3. The number of aryl methyl sites for hydroxylation is 1. The minimum absolute atomic E-state index is 0.122. The van der Waals surface area contributed by atoms with Gasteiger partial charge >= 0.3 is 0 Å². The quantitative estimate of drug-likeness (QED) is 0.632. The summed E-state index contributed by atoms with van der Waals surface area (Å²) in [6.07, 6.45) is 4.46. The van der Waals surface area contributed by atoms with Gasteiger partial charge in [0, 0.05) is 13.5 Å². The zero-order valence-electron chi connectivity index (χ0n) is 13.2. The molecule has 0 aliphatic heterocycles. The van der Waals surface area contributed by atoms with Crippen LogP contribution in [-0.2, 0) is 13.5 Å². The van der Waals surface area contributed by atoms with E-state index in [1.54, 1.807) is 6.07 Å². The minimum Gasteiger partial charge on any atom is -0.331 e. The van der Waals surface area contributed by atoms with Crippen molar-refractivity contribution in [1.82, 2.24) is 19.5 Å². The Bertz CT molecular complexity index is 1120. The number of hydrogen-bond acceptors (Lipinski definition) is 3. The van der Waals surface area contributed by atoms with Crippen LogP contribution in [0.4, 0.5) is 0 Å². The molecule has 2 heterocycles. The Labute approximate surface area is 138 Å². The van der Waals surface area contributed by atoms with E-state index >= 15 is 0 Å². The predicted octanol–water partition coefficient (Wildman–Crippen LogP) is 3.07. The number of aromatic amines is 1. The van der Waals surface area contributed by atoms with Crippen LogP contribution in [-0.4, -0.2) is 19.5 Å². The van der Waals surface area contributed by atoms with Crippen molar-refractivity contribution in [3.63, 3.8) is 0 Å². The number of para-hydroxylation sites is 3. The number of fused-ring (bicyclic) bond motifs is 2. The normalized spacial score (nSPS) is 11.7. The largest absolute Gasteiger partial charge is 0.331 e. The molecule has 0 amide bonds. The first-order valence-electron chi connectivity index (χ1n) is 7.78. The second-order valence-electron chi connectivity index (χ2n) is 5.65. The van der Waals surface area contributed by atoms with Gasteiger partial charge in [0.1, 0.15) is 11.6 Å². The Kier molecular flexibility index (Phi) is 3.46. The number of H-pyrrole nitrogens is 1. The van der Waals surface area contributed by atoms with Crippen molar-refractivity contribution < 1.29 is 0 Å². The van der Waals surface area contributed by atoms with Gasteiger partial charge in [-0.3, -0.25) is 4.79 Å². The molecule has 2 aromatic carbocycles. The molecular weight excluding hydrogens is 300 g/mol. The fourth-order valence-corrected chi connectivity index (χ4v) is 2.84. The second-order valence-corrected chi connectivity index (χ2v) is 5.65. The lowest BCUT2D eigenvalue weighted by molar-refractivity contribution is 0.854. The van der Waals surface area contributed by atoms with Gasteiger partial charge in [-0.15, -0.1) is 0 Å². The molecule has 0 bridgehead atoms. The smallest absolute Gasteiger partial charge is 0.259 e. The van der Waals surface area contributed by atoms with E-state index in [1.807, 2.05) is 55.6 Å². The van der Waals surface area contributed by atoms with Crippen LogP contribution in [0.3, 0.4) is 0 Å². The van der Waals surface area contributed by atoms with Gasteiger partial charge < -0.3 is 9.55 Å². The Hall–Kier alpha value is -3.21. The maximum Gasteiger partial charge on any atom is 0.259 e. The molecule has 0 atom stereocenters. The van der Waals surface area contributed by atoms with Gasteiger partial charge in [-0.25, -0.2) is 9.97 Å². The molecule has 0 unspecified atom stereocenters. The van der Waals surface area contributed by atoms with Crippen LogP contribution >= 0.6 is 0 Å². The van der Waals surface area contributed by atoms with Crippen molar-refractivity contribution in [2.24, 2.45) is 7.05 Å². The fourth-order valence-electron chi connectivity index (χ4n) is 2.84. The number of hydrogen-bond donors (Lipinski definition) is 1. The van der Waals surface area contributed by atoms with Crippen LogP contribution < -0.4 is 5.56 Å². The van der Waals surface area contributed by atoms with Crippen LogP contribution in [0.15, 0.2) is 59.4 Å².